The minimum atomic E-state index is -0.269. The van der Waals surface area contributed by atoms with Crippen molar-refractivity contribution in [3.8, 4) is 22.6 Å². The molecule has 0 saturated carbocycles. The topological polar surface area (TPSA) is 123 Å². The van der Waals surface area contributed by atoms with Crippen LogP contribution in [0.1, 0.15) is 35.0 Å². The maximum Gasteiger partial charge on any atom is 0.274 e. The molecule has 0 atom stereocenters. The van der Waals surface area contributed by atoms with E-state index in [-0.39, 0.29) is 17.4 Å². The minimum absolute atomic E-state index is 0.103. The molecule has 0 radical (unpaired) electrons. The zero-order valence-electron chi connectivity index (χ0n) is 23.4. The Morgan fingerprint density at radius 3 is 2.66 bits per heavy atom. The molecule has 10 heteroatoms. The molecule has 5 rings (SSSR count). The highest BCUT2D eigenvalue weighted by Gasteiger charge is 2.17. The number of imidazole rings is 1. The average molecular weight is 553 g/mol. The number of hydrogen-bond donors (Lipinski definition) is 3. The molecular formula is C31H32N6O4. The number of aromatic nitrogens is 4. The molecule has 2 amide bonds. The number of anilines is 1. The molecule has 3 heterocycles. The lowest BCUT2D eigenvalue weighted by molar-refractivity contribution is -0.116. The molecule has 0 aliphatic rings. The number of aryl methyl sites for hydroxylation is 4. The lowest BCUT2D eigenvalue weighted by Crippen LogP contribution is -2.23. The van der Waals surface area contributed by atoms with Gasteiger partial charge in [-0.15, -0.1) is 0 Å². The van der Waals surface area contributed by atoms with Crippen LogP contribution >= 0.6 is 0 Å². The number of hydrogen-bond acceptors (Lipinski definition) is 5. The number of fused-ring (bicyclic) bond motifs is 1. The van der Waals surface area contributed by atoms with Crippen LogP contribution < -0.4 is 20.9 Å². The number of benzene rings is 2. The predicted octanol–water partition coefficient (Wildman–Crippen LogP) is 4.92. The van der Waals surface area contributed by atoms with E-state index < -0.39 is 0 Å². The van der Waals surface area contributed by atoms with Crippen LogP contribution in [0.2, 0.25) is 0 Å². The van der Waals surface area contributed by atoms with E-state index in [9.17, 15) is 14.4 Å². The van der Waals surface area contributed by atoms with Crippen molar-refractivity contribution in [2.24, 2.45) is 7.05 Å². The van der Waals surface area contributed by atoms with Crippen LogP contribution in [0, 0.1) is 13.8 Å². The summed E-state index contributed by atoms with van der Waals surface area (Å²) in [5.41, 5.74) is 4.65. The van der Waals surface area contributed by atoms with Crippen molar-refractivity contribution in [1.29, 1.82) is 0 Å². The fourth-order valence-electron chi connectivity index (χ4n) is 4.70. The summed E-state index contributed by atoms with van der Waals surface area (Å²) in [6.45, 7) is 6.75. The van der Waals surface area contributed by atoms with Gasteiger partial charge < -0.3 is 29.5 Å². The number of pyridine rings is 1. The lowest BCUT2D eigenvalue weighted by atomic mass is 10.0. The van der Waals surface area contributed by atoms with Crippen LogP contribution in [0.3, 0.4) is 0 Å². The second-order valence-electron chi connectivity index (χ2n) is 10.0. The molecule has 0 aliphatic carbocycles. The third-order valence-electron chi connectivity index (χ3n) is 6.78. The Bertz CT molecular complexity index is 1800. The standard InChI is InChI=1S/C31H32N6O4/c1-5-33-30(39)27-16-24-25(17-36(4)31(40)29(24)35-27)21-12-19(2)13-23(14-21)41-22-7-6-20(3)26(15-22)34-28(38)8-10-37-11-9-32-18-37/h6-7,9,11-18,35H,5,8,10H2,1-4H3,(H,33,39)(H,34,38). The molecule has 210 valence electrons. The largest absolute Gasteiger partial charge is 0.457 e. The first-order chi connectivity index (χ1) is 19.7. The Balaban J connectivity index is 1.42. The number of aromatic amines is 1. The number of amides is 2. The lowest BCUT2D eigenvalue weighted by Gasteiger charge is -2.14. The van der Waals surface area contributed by atoms with Gasteiger partial charge in [0.1, 0.15) is 22.7 Å². The van der Waals surface area contributed by atoms with Gasteiger partial charge in [0.25, 0.3) is 11.5 Å². The van der Waals surface area contributed by atoms with Crippen LogP contribution in [0.4, 0.5) is 5.69 Å². The van der Waals surface area contributed by atoms with Crippen molar-refractivity contribution < 1.29 is 14.3 Å². The van der Waals surface area contributed by atoms with Crippen molar-refractivity contribution in [2.75, 3.05) is 11.9 Å². The molecule has 0 bridgehead atoms. The average Bonchev–Trinajstić information content (AvgIpc) is 3.62. The Labute approximate surface area is 237 Å². The Hall–Kier alpha value is -5.12. The summed E-state index contributed by atoms with van der Waals surface area (Å²) in [4.78, 5) is 44.9. The van der Waals surface area contributed by atoms with Gasteiger partial charge in [-0.2, -0.15) is 0 Å². The second-order valence-corrected chi connectivity index (χ2v) is 10.0. The van der Waals surface area contributed by atoms with Crippen LogP contribution in [0.5, 0.6) is 11.5 Å². The predicted molar refractivity (Wildman–Crippen MR) is 158 cm³/mol. The third-order valence-corrected chi connectivity index (χ3v) is 6.78. The van der Waals surface area contributed by atoms with Crippen molar-refractivity contribution in [1.82, 2.24) is 24.4 Å². The van der Waals surface area contributed by atoms with Gasteiger partial charge in [-0.1, -0.05) is 12.1 Å². The van der Waals surface area contributed by atoms with E-state index in [1.165, 1.54) is 4.57 Å². The number of ether oxygens (including phenoxy) is 1. The fraction of sp³-hybridized carbons (Fsp3) is 0.226. The van der Waals surface area contributed by atoms with Gasteiger partial charge in [-0.05, 0) is 61.7 Å². The van der Waals surface area contributed by atoms with E-state index >= 15 is 0 Å². The van der Waals surface area contributed by atoms with Gasteiger partial charge in [-0.25, -0.2) is 4.98 Å². The van der Waals surface area contributed by atoms with Gasteiger partial charge in [0.05, 0.1) is 6.33 Å². The van der Waals surface area contributed by atoms with E-state index in [1.807, 2.05) is 67.9 Å². The maximum atomic E-state index is 12.9. The number of carbonyl (C=O) groups is 2. The molecule has 0 fully saturated rings. The van der Waals surface area contributed by atoms with Crippen molar-refractivity contribution >= 4 is 28.4 Å². The molecule has 0 saturated heterocycles. The molecule has 5 aromatic rings. The monoisotopic (exact) mass is 552 g/mol. The Morgan fingerprint density at radius 2 is 1.90 bits per heavy atom. The van der Waals surface area contributed by atoms with Crippen molar-refractivity contribution in [3.05, 3.63) is 94.6 Å². The van der Waals surface area contributed by atoms with Crippen LogP contribution in [0.15, 0.2) is 72.2 Å². The maximum absolute atomic E-state index is 12.9. The molecule has 0 aliphatic heterocycles. The highest BCUT2D eigenvalue weighted by atomic mass is 16.5. The molecule has 41 heavy (non-hydrogen) atoms. The van der Waals surface area contributed by atoms with E-state index in [2.05, 4.69) is 20.6 Å². The highest BCUT2D eigenvalue weighted by molar-refractivity contribution is 6.02. The van der Waals surface area contributed by atoms with Crippen LogP contribution in [0.25, 0.3) is 22.0 Å². The number of rotatable bonds is 9. The van der Waals surface area contributed by atoms with E-state index in [1.54, 1.807) is 31.8 Å². The van der Waals surface area contributed by atoms with Gasteiger partial charge >= 0.3 is 0 Å². The fourth-order valence-corrected chi connectivity index (χ4v) is 4.70. The second kappa shape index (κ2) is 11.5. The van der Waals surface area contributed by atoms with Crippen LogP contribution in [-0.2, 0) is 18.4 Å². The third kappa shape index (κ3) is 6.06. The number of nitrogens with zero attached hydrogens (tertiary/aromatic N) is 3. The summed E-state index contributed by atoms with van der Waals surface area (Å²) in [5.74, 6) is 0.800. The van der Waals surface area contributed by atoms with Gasteiger partial charge in [0, 0.05) is 67.9 Å². The van der Waals surface area contributed by atoms with Crippen molar-refractivity contribution in [2.45, 2.75) is 33.7 Å². The normalized spacial score (nSPS) is 11.0. The molecule has 3 N–H and O–H groups in total. The Morgan fingerprint density at radius 1 is 1.07 bits per heavy atom. The van der Waals surface area contributed by atoms with Crippen molar-refractivity contribution in [3.63, 3.8) is 0 Å². The molecule has 3 aromatic heterocycles. The van der Waals surface area contributed by atoms with Gasteiger partial charge in [-0.3, -0.25) is 14.4 Å². The summed E-state index contributed by atoms with van der Waals surface area (Å²) < 4.78 is 9.61. The zero-order valence-corrected chi connectivity index (χ0v) is 23.4. The summed E-state index contributed by atoms with van der Waals surface area (Å²) >= 11 is 0. The van der Waals surface area contributed by atoms with E-state index in [0.29, 0.717) is 53.3 Å². The first-order valence-electron chi connectivity index (χ1n) is 13.4. The molecular weight excluding hydrogens is 520 g/mol. The smallest absolute Gasteiger partial charge is 0.274 e. The number of nitrogens with one attached hydrogen (secondary N) is 3. The number of H-pyrrole nitrogens is 1. The minimum Gasteiger partial charge on any atom is -0.457 e. The zero-order chi connectivity index (χ0) is 29.1. The molecule has 2 aromatic carbocycles. The summed E-state index contributed by atoms with van der Waals surface area (Å²) in [7, 11) is 1.68. The van der Waals surface area contributed by atoms with E-state index in [4.69, 9.17) is 4.74 Å². The highest BCUT2D eigenvalue weighted by Crippen LogP contribution is 2.34. The quantitative estimate of drug-likeness (QED) is 0.240. The first-order valence-corrected chi connectivity index (χ1v) is 13.4. The summed E-state index contributed by atoms with van der Waals surface area (Å²) in [6, 6.07) is 13.1. The molecule has 10 nitrogen and oxygen atoms in total. The molecule has 0 spiro atoms. The SMILES string of the molecule is CCNC(=O)c1cc2c(-c3cc(C)cc(Oc4ccc(C)c(NC(=O)CCn5ccnc5)c4)c3)cn(C)c(=O)c2[nH]1. The van der Waals surface area contributed by atoms with E-state index in [0.717, 1.165) is 22.3 Å². The summed E-state index contributed by atoms with van der Waals surface area (Å²) in [5, 5.41) is 6.40. The molecule has 0 unspecified atom stereocenters. The van der Waals surface area contributed by atoms with Gasteiger partial charge in [0.2, 0.25) is 5.91 Å². The Kier molecular flexibility index (Phi) is 7.73. The summed E-state index contributed by atoms with van der Waals surface area (Å²) in [6.07, 6.45) is 7.27. The number of carbonyl (C=O) groups excluding carboxylic acids is 2. The van der Waals surface area contributed by atoms with Gasteiger partial charge in [0.15, 0.2) is 0 Å². The van der Waals surface area contributed by atoms with Crippen LogP contribution in [-0.4, -0.2) is 37.5 Å². The first kappa shape index (κ1) is 27.4.